The lowest BCUT2D eigenvalue weighted by atomic mass is 9.86. The molecule has 26 heavy (non-hydrogen) atoms. The fourth-order valence-corrected chi connectivity index (χ4v) is 4.52. The van der Waals surface area contributed by atoms with Crippen LogP contribution in [0.1, 0.15) is 51.9 Å². The van der Waals surface area contributed by atoms with Crippen LogP contribution in [-0.2, 0) is 10.0 Å². The van der Waals surface area contributed by atoms with Crippen LogP contribution in [0.2, 0.25) is 0 Å². The van der Waals surface area contributed by atoms with Crippen molar-refractivity contribution in [3.8, 4) is 0 Å². The molecular weight excluding hydrogens is 350 g/mol. The van der Waals surface area contributed by atoms with Crippen molar-refractivity contribution in [2.24, 2.45) is 10.9 Å². The summed E-state index contributed by atoms with van der Waals surface area (Å²) in [5, 5.41) is 6.37. The van der Waals surface area contributed by atoms with E-state index in [9.17, 15) is 8.42 Å². The van der Waals surface area contributed by atoms with Gasteiger partial charge in [-0.1, -0.05) is 12.8 Å². The van der Waals surface area contributed by atoms with E-state index in [0.717, 1.165) is 32.4 Å². The van der Waals surface area contributed by atoms with Gasteiger partial charge in [0.1, 0.15) is 0 Å². The van der Waals surface area contributed by atoms with Gasteiger partial charge in [-0.05, 0) is 51.5 Å². The molecule has 1 unspecified atom stereocenters. The molecule has 0 bridgehead atoms. The maximum atomic E-state index is 12.0. The van der Waals surface area contributed by atoms with Crippen molar-refractivity contribution in [2.75, 3.05) is 45.5 Å². The number of hydrogen-bond donors (Lipinski definition) is 3. The number of rotatable bonds is 10. The molecule has 1 aliphatic carbocycles. The van der Waals surface area contributed by atoms with Crippen LogP contribution in [0.15, 0.2) is 4.99 Å². The molecular formula is C18H37N5O2S. The molecule has 0 aromatic carbocycles. The average molecular weight is 388 g/mol. The minimum absolute atomic E-state index is 0.0751. The predicted molar refractivity (Wildman–Crippen MR) is 108 cm³/mol. The van der Waals surface area contributed by atoms with Gasteiger partial charge in [-0.15, -0.1) is 0 Å². The Kier molecular flexibility index (Phi) is 9.15. The molecule has 2 fully saturated rings. The zero-order valence-electron chi connectivity index (χ0n) is 16.5. The van der Waals surface area contributed by atoms with Crippen LogP contribution in [0.4, 0.5) is 0 Å². The van der Waals surface area contributed by atoms with E-state index in [4.69, 9.17) is 0 Å². The van der Waals surface area contributed by atoms with E-state index in [1.165, 1.54) is 32.2 Å². The minimum atomic E-state index is -3.20. The molecule has 2 rings (SSSR count). The quantitative estimate of drug-likeness (QED) is 0.297. The first-order chi connectivity index (χ1) is 12.5. The zero-order valence-corrected chi connectivity index (χ0v) is 17.3. The highest BCUT2D eigenvalue weighted by molar-refractivity contribution is 7.89. The molecule has 0 spiro atoms. The Labute approximate surface area is 159 Å². The standard InChI is InChI=1S/C18H37N5O2S/c1-16-7-3-4-12-23(16)13-6-10-20-18(19-2)21-11-14-26(24,25)22-15-17-8-5-9-17/h16-17,22H,3-15H2,1-2H3,(H2,19,20,21). The van der Waals surface area contributed by atoms with E-state index in [0.29, 0.717) is 31.0 Å². The minimum Gasteiger partial charge on any atom is -0.356 e. The van der Waals surface area contributed by atoms with E-state index in [-0.39, 0.29) is 5.75 Å². The lowest BCUT2D eigenvalue weighted by molar-refractivity contribution is 0.159. The Bertz CT molecular complexity index is 534. The second-order valence-corrected chi connectivity index (χ2v) is 9.55. The number of likely N-dealkylation sites (tertiary alicyclic amines) is 1. The van der Waals surface area contributed by atoms with E-state index in [1.807, 2.05) is 0 Å². The van der Waals surface area contributed by atoms with Crippen LogP contribution in [0.3, 0.4) is 0 Å². The van der Waals surface area contributed by atoms with Crippen LogP contribution < -0.4 is 15.4 Å². The predicted octanol–water partition coefficient (Wildman–Crippen LogP) is 1.14. The summed E-state index contributed by atoms with van der Waals surface area (Å²) in [4.78, 5) is 6.73. The van der Waals surface area contributed by atoms with Crippen LogP contribution in [-0.4, -0.2) is 70.8 Å². The number of piperidine rings is 1. The molecule has 0 aromatic heterocycles. The van der Waals surface area contributed by atoms with Crippen LogP contribution in [0, 0.1) is 5.92 Å². The number of aliphatic imine (C=N–C) groups is 1. The molecule has 1 atom stereocenters. The molecule has 3 N–H and O–H groups in total. The zero-order chi connectivity index (χ0) is 18.8. The second-order valence-electron chi connectivity index (χ2n) is 7.62. The summed E-state index contributed by atoms with van der Waals surface area (Å²) in [6.45, 7) is 6.42. The van der Waals surface area contributed by atoms with E-state index >= 15 is 0 Å². The third-order valence-electron chi connectivity index (χ3n) is 5.56. The molecule has 1 saturated heterocycles. The smallest absolute Gasteiger partial charge is 0.213 e. The van der Waals surface area contributed by atoms with Gasteiger partial charge in [0.25, 0.3) is 0 Å². The number of nitrogens with zero attached hydrogens (tertiary/aromatic N) is 2. The summed E-state index contributed by atoms with van der Waals surface area (Å²) in [6, 6.07) is 0.693. The number of sulfonamides is 1. The fraction of sp³-hybridized carbons (Fsp3) is 0.944. The van der Waals surface area contributed by atoms with E-state index in [2.05, 4.69) is 32.2 Å². The van der Waals surface area contributed by atoms with Crippen molar-refractivity contribution >= 4 is 16.0 Å². The normalized spacial score (nSPS) is 22.8. The third-order valence-corrected chi connectivity index (χ3v) is 6.91. The van der Waals surface area contributed by atoms with Gasteiger partial charge >= 0.3 is 0 Å². The van der Waals surface area contributed by atoms with Gasteiger partial charge in [0, 0.05) is 39.3 Å². The lowest BCUT2D eigenvalue weighted by Gasteiger charge is -2.33. The van der Waals surface area contributed by atoms with E-state index in [1.54, 1.807) is 7.05 Å². The molecule has 0 amide bonds. The van der Waals surface area contributed by atoms with Gasteiger partial charge in [-0.25, -0.2) is 13.1 Å². The fourth-order valence-electron chi connectivity index (χ4n) is 3.52. The summed E-state index contributed by atoms with van der Waals surface area (Å²) in [5.74, 6) is 1.28. The molecule has 1 heterocycles. The van der Waals surface area contributed by atoms with Gasteiger partial charge in [0.2, 0.25) is 10.0 Å². The van der Waals surface area contributed by atoms with Crippen molar-refractivity contribution in [1.29, 1.82) is 0 Å². The van der Waals surface area contributed by atoms with E-state index < -0.39 is 10.0 Å². The Hall–Kier alpha value is -0.860. The molecule has 1 saturated carbocycles. The summed E-state index contributed by atoms with van der Waals surface area (Å²) >= 11 is 0. The molecule has 1 aliphatic heterocycles. The highest BCUT2D eigenvalue weighted by Crippen LogP contribution is 2.25. The second kappa shape index (κ2) is 11.1. The average Bonchev–Trinajstić information content (AvgIpc) is 2.57. The largest absolute Gasteiger partial charge is 0.356 e. The summed E-state index contributed by atoms with van der Waals surface area (Å²) in [6.07, 6.45) is 8.55. The first-order valence-electron chi connectivity index (χ1n) is 10.2. The monoisotopic (exact) mass is 387 g/mol. The number of hydrogen-bond acceptors (Lipinski definition) is 4. The molecule has 0 aromatic rings. The van der Waals surface area contributed by atoms with Gasteiger partial charge < -0.3 is 15.5 Å². The van der Waals surface area contributed by atoms with Crippen LogP contribution in [0.25, 0.3) is 0 Å². The van der Waals surface area contributed by atoms with Crippen molar-refractivity contribution in [2.45, 2.75) is 57.9 Å². The highest BCUT2D eigenvalue weighted by Gasteiger charge is 2.20. The highest BCUT2D eigenvalue weighted by atomic mass is 32.2. The van der Waals surface area contributed by atoms with Gasteiger partial charge in [-0.3, -0.25) is 4.99 Å². The van der Waals surface area contributed by atoms with Crippen molar-refractivity contribution < 1.29 is 8.42 Å². The molecule has 152 valence electrons. The van der Waals surface area contributed by atoms with Gasteiger partial charge in [0.05, 0.1) is 5.75 Å². The summed E-state index contributed by atoms with van der Waals surface area (Å²) < 4.78 is 26.7. The Morgan fingerprint density at radius 2 is 1.88 bits per heavy atom. The van der Waals surface area contributed by atoms with Crippen molar-refractivity contribution in [3.05, 3.63) is 0 Å². The lowest BCUT2D eigenvalue weighted by Crippen LogP contribution is -2.43. The molecule has 0 radical (unpaired) electrons. The Morgan fingerprint density at radius 1 is 1.12 bits per heavy atom. The maximum Gasteiger partial charge on any atom is 0.213 e. The van der Waals surface area contributed by atoms with Crippen molar-refractivity contribution in [1.82, 2.24) is 20.3 Å². The first-order valence-corrected chi connectivity index (χ1v) is 11.8. The maximum absolute atomic E-state index is 12.0. The first kappa shape index (κ1) is 21.4. The molecule has 2 aliphatic rings. The van der Waals surface area contributed by atoms with Gasteiger partial charge in [0.15, 0.2) is 5.96 Å². The third kappa shape index (κ3) is 7.80. The SMILES string of the molecule is CN=C(NCCCN1CCCCC1C)NCCS(=O)(=O)NCC1CCC1. The van der Waals surface area contributed by atoms with Gasteiger partial charge in [-0.2, -0.15) is 0 Å². The summed E-state index contributed by atoms with van der Waals surface area (Å²) in [7, 11) is -1.49. The Balaban J connectivity index is 1.55. The van der Waals surface area contributed by atoms with Crippen LogP contribution >= 0.6 is 0 Å². The molecule has 8 heteroatoms. The number of guanidine groups is 1. The number of nitrogens with one attached hydrogen (secondary N) is 3. The van der Waals surface area contributed by atoms with Crippen molar-refractivity contribution in [3.63, 3.8) is 0 Å². The summed E-state index contributed by atoms with van der Waals surface area (Å²) in [5.41, 5.74) is 0. The Morgan fingerprint density at radius 3 is 2.54 bits per heavy atom. The molecule has 7 nitrogen and oxygen atoms in total. The van der Waals surface area contributed by atoms with Crippen LogP contribution in [0.5, 0.6) is 0 Å². The topological polar surface area (TPSA) is 85.8 Å².